The molecule has 1 saturated carbocycles. The summed E-state index contributed by atoms with van der Waals surface area (Å²) in [5.41, 5.74) is -0.103. The summed E-state index contributed by atoms with van der Waals surface area (Å²) in [6.45, 7) is 2.82. The zero-order chi connectivity index (χ0) is 15.3. The van der Waals surface area contributed by atoms with Crippen molar-refractivity contribution in [2.24, 2.45) is 11.8 Å². The van der Waals surface area contributed by atoms with Gasteiger partial charge in [0.25, 0.3) is 0 Å². The molecule has 0 aromatic heterocycles. The molecular formula is C15H19F3O2. The lowest BCUT2D eigenvalue weighted by Crippen LogP contribution is -2.12. The molecule has 1 fully saturated rings. The van der Waals surface area contributed by atoms with Crippen LogP contribution in [0.15, 0.2) is 35.5 Å². The van der Waals surface area contributed by atoms with Crippen LogP contribution < -0.4 is 0 Å². The summed E-state index contributed by atoms with van der Waals surface area (Å²) in [5, 5.41) is 8.97. The first kappa shape index (κ1) is 16.5. The Labute approximate surface area is 116 Å². The maximum atomic E-state index is 12.6. The van der Waals surface area contributed by atoms with E-state index in [1.807, 2.05) is 0 Å². The van der Waals surface area contributed by atoms with Crippen molar-refractivity contribution in [3.8, 4) is 0 Å². The van der Waals surface area contributed by atoms with Gasteiger partial charge >= 0.3 is 12.1 Å². The van der Waals surface area contributed by atoms with Gasteiger partial charge in [0.1, 0.15) is 0 Å². The average molecular weight is 288 g/mol. The predicted molar refractivity (Wildman–Crippen MR) is 71.2 cm³/mol. The van der Waals surface area contributed by atoms with E-state index in [0.29, 0.717) is 24.8 Å². The lowest BCUT2D eigenvalue weighted by molar-refractivity contribution is -0.141. The van der Waals surface area contributed by atoms with Crippen molar-refractivity contribution in [3.63, 3.8) is 0 Å². The lowest BCUT2D eigenvalue weighted by Gasteiger charge is -2.14. The maximum absolute atomic E-state index is 12.6. The van der Waals surface area contributed by atoms with Gasteiger partial charge in [-0.15, -0.1) is 0 Å². The highest BCUT2D eigenvalue weighted by Crippen LogP contribution is 2.38. The number of hydrogen-bond donors (Lipinski definition) is 1. The minimum absolute atomic E-state index is 0.121. The molecule has 0 saturated heterocycles. The number of carboxylic acids is 1. The number of alkyl halides is 3. The summed E-state index contributed by atoms with van der Waals surface area (Å²) in [4.78, 5) is 10.9. The fraction of sp³-hybridized carbons (Fsp3) is 0.533. The number of carboxylic acid groups (broad SMARTS) is 1. The van der Waals surface area contributed by atoms with E-state index >= 15 is 0 Å². The summed E-state index contributed by atoms with van der Waals surface area (Å²) in [6.07, 6.45) is 3.39. The first-order chi connectivity index (χ1) is 9.25. The molecular weight excluding hydrogens is 269 g/mol. The minimum Gasteiger partial charge on any atom is -0.481 e. The third kappa shape index (κ3) is 4.54. The lowest BCUT2D eigenvalue weighted by atomic mass is 9.93. The summed E-state index contributed by atoms with van der Waals surface area (Å²) < 4.78 is 37.8. The number of rotatable bonds is 4. The Kier molecular flexibility index (Phi) is 5.60. The molecule has 0 aromatic carbocycles. The zero-order valence-corrected chi connectivity index (χ0v) is 11.6. The molecule has 0 amide bonds. The van der Waals surface area contributed by atoms with E-state index in [9.17, 15) is 18.0 Å². The van der Waals surface area contributed by atoms with E-state index < -0.39 is 23.6 Å². The topological polar surface area (TPSA) is 37.3 Å². The van der Waals surface area contributed by atoms with Crippen LogP contribution >= 0.6 is 0 Å². The van der Waals surface area contributed by atoms with Crippen LogP contribution in [0.5, 0.6) is 0 Å². The van der Waals surface area contributed by atoms with Crippen LogP contribution in [0.3, 0.4) is 0 Å². The summed E-state index contributed by atoms with van der Waals surface area (Å²) in [5.74, 6) is -1.44. The standard InChI is InChI=1S/C15H19F3O2/c1-3-4-5-11(8-10(2)15(16,17)18)12-6-7-13(9-12)14(19)20/h3-5,8,12-13H,6-7,9H2,1-2H3,(H,19,20)/b4-3?,10-8+,11-5+/t12-,13-/m1/s1. The van der Waals surface area contributed by atoms with Gasteiger partial charge in [-0.2, -0.15) is 13.2 Å². The largest absolute Gasteiger partial charge is 0.481 e. The second kappa shape index (κ2) is 6.77. The fourth-order valence-corrected chi connectivity index (χ4v) is 2.35. The van der Waals surface area contributed by atoms with Crippen LogP contribution in [-0.2, 0) is 4.79 Å². The van der Waals surface area contributed by atoms with Gasteiger partial charge in [-0.05, 0) is 44.6 Å². The number of aliphatic carboxylic acids is 1. The molecule has 0 bridgehead atoms. The molecule has 0 heterocycles. The van der Waals surface area contributed by atoms with Crippen LogP contribution in [0.4, 0.5) is 13.2 Å². The van der Waals surface area contributed by atoms with E-state index in [-0.39, 0.29) is 5.92 Å². The van der Waals surface area contributed by atoms with Crippen molar-refractivity contribution in [1.29, 1.82) is 0 Å². The van der Waals surface area contributed by atoms with Crippen molar-refractivity contribution in [3.05, 3.63) is 35.5 Å². The number of allylic oxidation sites excluding steroid dienone is 6. The van der Waals surface area contributed by atoms with Crippen LogP contribution in [0, 0.1) is 11.8 Å². The molecule has 2 atom stereocenters. The molecule has 1 aliphatic rings. The third-order valence-corrected chi connectivity index (χ3v) is 3.56. The van der Waals surface area contributed by atoms with Gasteiger partial charge in [0.05, 0.1) is 5.92 Å². The van der Waals surface area contributed by atoms with Crippen molar-refractivity contribution in [2.45, 2.75) is 39.3 Å². The highest BCUT2D eigenvalue weighted by Gasteiger charge is 2.33. The Morgan fingerprint density at radius 1 is 1.25 bits per heavy atom. The second-order valence-corrected chi connectivity index (χ2v) is 5.06. The third-order valence-electron chi connectivity index (χ3n) is 3.56. The van der Waals surface area contributed by atoms with Gasteiger partial charge in [0, 0.05) is 5.57 Å². The van der Waals surface area contributed by atoms with Crippen molar-refractivity contribution in [1.82, 2.24) is 0 Å². The van der Waals surface area contributed by atoms with Crippen LogP contribution in [0.2, 0.25) is 0 Å². The molecule has 0 aliphatic heterocycles. The normalized spacial score (nSPS) is 25.4. The van der Waals surface area contributed by atoms with Crippen LogP contribution in [-0.4, -0.2) is 17.3 Å². The van der Waals surface area contributed by atoms with Gasteiger partial charge < -0.3 is 5.11 Å². The van der Waals surface area contributed by atoms with E-state index in [1.165, 1.54) is 0 Å². The van der Waals surface area contributed by atoms with Gasteiger partial charge in [-0.25, -0.2) is 0 Å². The van der Waals surface area contributed by atoms with Gasteiger partial charge in [0.15, 0.2) is 0 Å². The molecule has 2 nitrogen and oxygen atoms in total. The molecule has 0 radical (unpaired) electrons. The van der Waals surface area contributed by atoms with Crippen LogP contribution in [0.25, 0.3) is 0 Å². The fourth-order valence-electron chi connectivity index (χ4n) is 2.35. The minimum atomic E-state index is -4.35. The van der Waals surface area contributed by atoms with Crippen molar-refractivity contribution >= 4 is 5.97 Å². The van der Waals surface area contributed by atoms with Crippen LogP contribution in [0.1, 0.15) is 33.1 Å². The highest BCUT2D eigenvalue weighted by molar-refractivity contribution is 5.70. The number of carbonyl (C=O) groups is 1. The smallest absolute Gasteiger partial charge is 0.412 e. The Hall–Kier alpha value is -1.52. The summed E-state index contributed by atoms with van der Waals surface area (Å²) in [7, 11) is 0. The summed E-state index contributed by atoms with van der Waals surface area (Å²) in [6, 6.07) is 0. The van der Waals surface area contributed by atoms with E-state index in [1.54, 1.807) is 25.2 Å². The highest BCUT2D eigenvalue weighted by atomic mass is 19.4. The van der Waals surface area contributed by atoms with Crippen molar-refractivity contribution in [2.75, 3.05) is 0 Å². The molecule has 0 spiro atoms. The second-order valence-electron chi connectivity index (χ2n) is 5.06. The van der Waals surface area contributed by atoms with Gasteiger partial charge in [-0.3, -0.25) is 4.79 Å². The average Bonchev–Trinajstić information content (AvgIpc) is 2.82. The quantitative estimate of drug-likeness (QED) is 0.773. The Morgan fingerprint density at radius 3 is 2.30 bits per heavy atom. The Bertz CT molecular complexity index is 445. The van der Waals surface area contributed by atoms with E-state index in [2.05, 4.69) is 0 Å². The first-order valence-electron chi connectivity index (χ1n) is 6.57. The molecule has 20 heavy (non-hydrogen) atoms. The van der Waals surface area contributed by atoms with E-state index in [4.69, 9.17) is 5.11 Å². The molecule has 0 unspecified atom stereocenters. The molecule has 1 rings (SSSR count). The molecule has 1 N–H and O–H groups in total. The SMILES string of the molecule is CC=C/C=C(\C=C(/C)C(F)(F)F)[C@@H]1CC[C@@H](C(=O)O)C1. The Balaban J connectivity index is 2.96. The van der Waals surface area contributed by atoms with Gasteiger partial charge in [0.2, 0.25) is 0 Å². The Morgan fingerprint density at radius 2 is 1.85 bits per heavy atom. The van der Waals surface area contributed by atoms with Crippen molar-refractivity contribution < 1.29 is 23.1 Å². The monoisotopic (exact) mass is 288 g/mol. The zero-order valence-electron chi connectivity index (χ0n) is 11.6. The molecule has 5 heteroatoms. The summed E-state index contributed by atoms with van der Waals surface area (Å²) >= 11 is 0. The van der Waals surface area contributed by atoms with E-state index in [0.717, 1.165) is 13.0 Å². The molecule has 0 aromatic rings. The van der Waals surface area contributed by atoms with Gasteiger partial charge in [-0.1, -0.05) is 24.3 Å². The maximum Gasteiger partial charge on any atom is 0.412 e. The predicted octanol–water partition coefficient (Wildman–Crippen LogP) is 4.50. The number of hydrogen-bond acceptors (Lipinski definition) is 1. The molecule has 1 aliphatic carbocycles. The molecule has 112 valence electrons. The number of halogens is 3. The first-order valence-corrected chi connectivity index (χ1v) is 6.57.